The van der Waals surface area contributed by atoms with Crippen LogP contribution in [-0.4, -0.2) is 35.4 Å². The predicted octanol–water partition coefficient (Wildman–Crippen LogP) is 3.75. The first-order chi connectivity index (χ1) is 14.7. The Kier molecular flexibility index (Phi) is 7.51. The van der Waals surface area contributed by atoms with Crippen LogP contribution in [0.15, 0.2) is 65.5 Å². The number of nitrogens with one attached hydrogen (secondary N) is 1. The van der Waals surface area contributed by atoms with Crippen molar-refractivity contribution in [2.24, 2.45) is 0 Å². The zero-order valence-electron chi connectivity index (χ0n) is 17.4. The van der Waals surface area contributed by atoms with Gasteiger partial charge in [0, 0.05) is 37.4 Å². The molecule has 0 saturated carbocycles. The molecule has 0 aliphatic heterocycles. The number of nitrogens with zero attached hydrogens (tertiary/aromatic N) is 2. The summed E-state index contributed by atoms with van der Waals surface area (Å²) < 4.78 is 6.68. The molecule has 3 rings (SSSR count). The largest absolute Gasteiger partial charge is 0.382 e. The molecular weight excluding hydrogens is 378 g/mol. The average Bonchev–Trinajstić information content (AvgIpc) is 2.79. The van der Waals surface area contributed by atoms with Crippen molar-refractivity contribution in [3.05, 3.63) is 76.6 Å². The fraction of sp³-hybridized carbons (Fsp3) is 0.292. The molecule has 1 aromatic heterocycles. The summed E-state index contributed by atoms with van der Waals surface area (Å²) >= 11 is 0. The number of carbonyl (C=O) groups excluding carboxylic acids is 1. The molecule has 1 heterocycles. The lowest BCUT2D eigenvalue weighted by atomic mass is 9.95. The van der Waals surface area contributed by atoms with Crippen LogP contribution in [0.25, 0.3) is 22.4 Å². The lowest BCUT2D eigenvalue weighted by molar-refractivity contribution is 0.0942. The maximum atomic E-state index is 13.2. The van der Waals surface area contributed by atoms with E-state index in [0.717, 1.165) is 11.1 Å². The summed E-state index contributed by atoms with van der Waals surface area (Å²) in [5.41, 5.74) is 2.53. The van der Waals surface area contributed by atoms with Crippen LogP contribution >= 0.6 is 0 Å². The van der Waals surface area contributed by atoms with Crippen molar-refractivity contribution in [3.63, 3.8) is 0 Å². The number of rotatable bonds is 9. The number of aryl methyl sites for hydroxylation is 1. The number of hydrogen-bond acceptors (Lipinski definition) is 4. The third-order valence-corrected chi connectivity index (χ3v) is 4.75. The molecule has 0 aliphatic carbocycles. The van der Waals surface area contributed by atoms with Crippen LogP contribution in [-0.2, 0) is 11.3 Å². The van der Waals surface area contributed by atoms with E-state index < -0.39 is 11.5 Å². The summed E-state index contributed by atoms with van der Waals surface area (Å²) in [4.78, 5) is 26.3. The molecule has 2 aromatic carbocycles. The van der Waals surface area contributed by atoms with Crippen LogP contribution in [0.3, 0.4) is 0 Å². The van der Waals surface area contributed by atoms with E-state index in [1.165, 1.54) is 4.68 Å². The summed E-state index contributed by atoms with van der Waals surface area (Å²) in [5, 5.41) is 7.48. The molecule has 1 N–H and O–H groups in total. The Labute approximate surface area is 176 Å². The van der Waals surface area contributed by atoms with Crippen LogP contribution in [0.1, 0.15) is 30.6 Å². The molecular formula is C24H27N3O3. The molecule has 6 heteroatoms. The highest BCUT2D eigenvalue weighted by molar-refractivity contribution is 6.03. The quantitative estimate of drug-likeness (QED) is 0.550. The lowest BCUT2D eigenvalue weighted by Crippen LogP contribution is -2.36. The van der Waals surface area contributed by atoms with Gasteiger partial charge in [0.25, 0.3) is 11.5 Å². The third-order valence-electron chi connectivity index (χ3n) is 4.75. The van der Waals surface area contributed by atoms with Gasteiger partial charge in [-0.05, 0) is 25.8 Å². The minimum atomic E-state index is -0.392. The van der Waals surface area contributed by atoms with Gasteiger partial charge in [-0.15, -0.1) is 0 Å². The van der Waals surface area contributed by atoms with E-state index in [9.17, 15) is 9.59 Å². The molecule has 6 nitrogen and oxygen atoms in total. The number of amides is 1. The summed E-state index contributed by atoms with van der Waals surface area (Å²) in [5.74, 6) is -0.392. The normalized spacial score (nSPS) is 10.7. The number of benzene rings is 2. The van der Waals surface area contributed by atoms with Gasteiger partial charge in [-0.3, -0.25) is 9.59 Å². The SMILES string of the molecule is CCOCCCNC(=O)c1c(-c2ccccc2)c(-c2ccccc2)nn(CC)c1=O. The Morgan fingerprint density at radius 3 is 2.23 bits per heavy atom. The monoisotopic (exact) mass is 405 g/mol. The van der Waals surface area contributed by atoms with Gasteiger partial charge in [0.1, 0.15) is 5.56 Å². The van der Waals surface area contributed by atoms with Crippen molar-refractivity contribution < 1.29 is 9.53 Å². The van der Waals surface area contributed by atoms with Crippen molar-refractivity contribution in [2.75, 3.05) is 19.8 Å². The standard InChI is InChI=1S/C24H27N3O3/c1-3-27-24(29)21(23(28)25-16-11-17-30-4-2)20(18-12-7-5-8-13-18)22(26-27)19-14-9-6-10-15-19/h5-10,12-15H,3-4,11,16-17H2,1-2H3,(H,25,28). The van der Waals surface area contributed by atoms with Gasteiger partial charge in [0.2, 0.25) is 0 Å². The molecule has 0 bridgehead atoms. The number of ether oxygens (including phenoxy) is 1. The fourth-order valence-corrected chi connectivity index (χ4v) is 3.29. The van der Waals surface area contributed by atoms with Gasteiger partial charge >= 0.3 is 0 Å². The van der Waals surface area contributed by atoms with Gasteiger partial charge in [0.15, 0.2) is 0 Å². The maximum absolute atomic E-state index is 13.2. The first-order valence-corrected chi connectivity index (χ1v) is 10.3. The molecule has 1 amide bonds. The highest BCUT2D eigenvalue weighted by Crippen LogP contribution is 2.31. The molecule has 0 aliphatic rings. The highest BCUT2D eigenvalue weighted by atomic mass is 16.5. The molecule has 0 radical (unpaired) electrons. The first kappa shape index (κ1) is 21.5. The van der Waals surface area contributed by atoms with Crippen molar-refractivity contribution in [2.45, 2.75) is 26.8 Å². The second-order valence-electron chi connectivity index (χ2n) is 6.76. The zero-order valence-corrected chi connectivity index (χ0v) is 17.4. The minimum absolute atomic E-state index is 0.119. The molecule has 0 atom stereocenters. The Hall–Kier alpha value is -3.25. The molecule has 0 unspecified atom stereocenters. The Balaban J connectivity index is 2.14. The second kappa shape index (κ2) is 10.5. The lowest BCUT2D eigenvalue weighted by Gasteiger charge is -2.17. The van der Waals surface area contributed by atoms with Crippen molar-refractivity contribution in [1.29, 1.82) is 0 Å². The summed E-state index contributed by atoms with van der Waals surface area (Å²) in [6.45, 7) is 5.78. The topological polar surface area (TPSA) is 73.2 Å². The van der Waals surface area contributed by atoms with Crippen molar-refractivity contribution in [3.8, 4) is 22.4 Å². The van der Waals surface area contributed by atoms with Gasteiger partial charge < -0.3 is 10.1 Å². The van der Waals surface area contributed by atoms with Gasteiger partial charge in [0.05, 0.1) is 5.69 Å². The molecule has 0 spiro atoms. The van der Waals surface area contributed by atoms with E-state index in [4.69, 9.17) is 4.74 Å². The average molecular weight is 405 g/mol. The van der Waals surface area contributed by atoms with Crippen LogP contribution in [0.5, 0.6) is 0 Å². The predicted molar refractivity (Wildman–Crippen MR) is 118 cm³/mol. The summed E-state index contributed by atoms with van der Waals surface area (Å²) in [7, 11) is 0. The molecule has 156 valence electrons. The maximum Gasteiger partial charge on any atom is 0.280 e. The van der Waals surface area contributed by atoms with Crippen molar-refractivity contribution >= 4 is 5.91 Å². The van der Waals surface area contributed by atoms with E-state index in [1.54, 1.807) is 0 Å². The summed E-state index contributed by atoms with van der Waals surface area (Å²) in [6, 6.07) is 19.1. The Bertz CT molecular complexity index is 1030. The van der Waals surface area contributed by atoms with Gasteiger partial charge in [-0.1, -0.05) is 60.7 Å². The zero-order chi connectivity index (χ0) is 21.3. The van der Waals surface area contributed by atoms with E-state index in [-0.39, 0.29) is 5.56 Å². The van der Waals surface area contributed by atoms with E-state index in [1.807, 2.05) is 74.5 Å². The highest BCUT2D eigenvalue weighted by Gasteiger charge is 2.24. The number of aromatic nitrogens is 2. The van der Waals surface area contributed by atoms with Crippen LogP contribution in [0, 0.1) is 0 Å². The van der Waals surface area contributed by atoms with E-state index in [0.29, 0.717) is 44.0 Å². The van der Waals surface area contributed by atoms with E-state index in [2.05, 4.69) is 10.4 Å². The third kappa shape index (κ3) is 4.83. The van der Waals surface area contributed by atoms with Crippen LogP contribution in [0.4, 0.5) is 0 Å². The number of hydrogen-bond donors (Lipinski definition) is 1. The minimum Gasteiger partial charge on any atom is -0.382 e. The van der Waals surface area contributed by atoms with Crippen LogP contribution in [0.2, 0.25) is 0 Å². The Morgan fingerprint density at radius 2 is 1.63 bits per heavy atom. The summed E-state index contributed by atoms with van der Waals surface area (Å²) in [6.07, 6.45) is 0.679. The second-order valence-corrected chi connectivity index (χ2v) is 6.76. The Morgan fingerprint density at radius 1 is 1.00 bits per heavy atom. The molecule has 3 aromatic rings. The number of carbonyl (C=O) groups is 1. The fourth-order valence-electron chi connectivity index (χ4n) is 3.29. The molecule has 30 heavy (non-hydrogen) atoms. The molecule has 0 fully saturated rings. The smallest absolute Gasteiger partial charge is 0.280 e. The van der Waals surface area contributed by atoms with E-state index >= 15 is 0 Å². The van der Waals surface area contributed by atoms with Gasteiger partial charge in [-0.25, -0.2) is 4.68 Å². The first-order valence-electron chi connectivity index (χ1n) is 10.3. The van der Waals surface area contributed by atoms with Crippen molar-refractivity contribution in [1.82, 2.24) is 15.1 Å². The molecule has 0 saturated heterocycles. The van der Waals surface area contributed by atoms with Crippen LogP contribution < -0.4 is 10.9 Å². The van der Waals surface area contributed by atoms with Gasteiger partial charge in [-0.2, -0.15) is 5.10 Å².